The third-order valence-electron chi connectivity index (χ3n) is 2.69. The first-order valence-electron chi connectivity index (χ1n) is 6.30. The van der Waals surface area contributed by atoms with E-state index in [1.807, 2.05) is 37.5 Å². The summed E-state index contributed by atoms with van der Waals surface area (Å²) in [7, 11) is 0. The van der Waals surface area contributed by atoms with Crippen LogP contribution in [0.25, 0.3) is 10.2 Å². The Kier molecular flexibility index (Phi) is 3.95. The topological polar surface area (TPSA) is 64.7 Å². The van der Waals surface area contributed by atoms with Crippen molar-refractivity contribution in [2.24, 2.45) is 5.73 Å². The molecule has 0 saturated heterocycles. The summed E-state index contributed by atoms with van der Waals surface area (Å²) in [5.41, 5.74) is 7.85. The summed E-state index contributed by atoms with van der Waals surface area (Å²) in [5, 5.41) is 0.720. The summed E-state index contributed by atoms with van der Waals surface area (Å²) in [6.45, 7) is 1.98. The molecule has 102 valence electrons. The van der Waals surface area contributed by atoms with Crippen LogP contribution in [0.5, 0.6) is 0 Å². The summed E-state index contributed by atoms with van der Waals surface area (Å²) in [6.07, 6.45) is 4.48. The number of hydrogen-bond acceptors (Lipinski definition) is 6. The fourth-order valence-corrected chi connectivity index (χ4v) is 3.71. The van der Waals surface area contributed by atoms with E-state index in [0.29, 0.717) is 0 Å². The molecule has 0 saturated carbocycles. The van der Waals surface area contributed by atoms with Gasteiger partial charge >= 0.3 is 0 Å². The minimum atomic E-state index is 0.126. The van der Waals surface area contributed by atoms with E-state index in [-0.39, 0.29) is 6.04 Å². The first-order valence-corrected chi connectivity index (χ1v) is 7.94. The number of fused-ring (bicyclic) bond motifs is 1. The third-order valence-corrected chi connectivity index (χ3v) is 4.68. The molecule has 4 nitrogen and oxygen atoms in total. The van der Waals surface area contributed by atoms with Crippen LogP contribution in [0.15, 0.2) is 46.2 Å². The van der Waals surface area contributed by atoms with Crippen LogP contribution in [0.4, 0.5) is 0 Å². The van der Waals surface area contributed by atoms with E-state index >= 15 is 0 Å². The number of thiazole rings is 1. The van der Waals surface area contributed by atoms with E-state index in [2.05, 4.69) is 21.0 Å². The molecule has 0 aliphatic heterocycles. The van der Waals surface area contributed by atoms with E-state index in [1.54, 1.807) is 11.3 Å². The van der Waals surface area contributed by atoms with Crippen LogP contribution in [0.1, 0.15) is 12.5 Å². The Morgan fingerprint density at radius 2 is 2.00 bits per heavy atom. The second-order valence-electron chi connectivity index (χ2n) is 4.60. The molecule has 3 aromatic rings. The number of nitrogens with zero attached hydrogens (tertiary/aromatic N) is 3. The Labute approximate surface area is 125 Å². The van der Waals surface area contributed by atoms with Crippen molar-refractivity contribution in [3.05, 3.63) is 42.2 Å². The van der Waals surface area contributed by atoms with Gasteiger partial charge in [0.2, 0.25) is 0 Å². The number of nitrogens with two attached hydrogens (primary N) is 1. The predicted octanol–water partition coefficient (Wildman–Crippen LogP) is 3.13. The van der Waals surface area contributed by atoms with Crippen LogP contribution in [-0.2, 0) is 6.42 Å². The van der Waals surface area contributed by atoms with Crippen molar-refractivity contribution in [1.82, 2.24) is 15.0 Å². The smallest absolute Gasteiger partial charge is 0.194 e. The molecule has 0 bridgehead atoms. The van der Waals surface area contributed by atoms with Gasteiger partial charge in [0.25, 0.3) is 0 Å². The molecule has 2 N–H and O–H groups in total. The van der Waals surface area contributed by atoms with Gasteiger partial charge in [0.15, 0.2) is 9.50 Å². The summed E-state index contributed by atoms with van der Waals surface area (Å²) < 4.78 is 2.15. The molecule has 1 unspecified atom stereocenters. The molecule has 20 heavy (non-hydrogen) atoms. The SMILES string of the molecule is CC(N)Cc1cnc(Sc2nc3ccccc3s2)nc1. The number of hydrogen-bond donors (Lipinski definition) is 1. The molecule has 0 radical (unpaired) electrons. The Hall–Kier alpha value is -1.50. The quantitative estimate of drug-likeness (QED) is 0.750. The lowest BCUT2D eigenvalue weighted by atomic mass is 10.1. The highest BCUT2D eigenvalue weighted by atomic mass is 32.2. The molecule has 0 aliphatic carbocycles. The Balaban J connectivity index is 1.76. The first-order chi connectivity index (χ1) is 9.70. The highest BCUT2D eigenvalue weighted by Gasteiger charge is 2.07. The van der Waals surface area contributed by atoms with Crippen molar-refractivity contribution in [3.8, 4) is 0 Å². The van der Waals surface area contributed by atoms with Crippen LogP contribution in [0.3, 0.4) is 0 Å². The minimum absolute atomic E-state index is 0.126. The van der Waals surface area contributed by atoms with Gasteiger partial charge in [-0.05, 0) is 42.8 Å². The zero-order valence-corrected chi connectivity index (χ0v) is 12.6. The highest BCUT2D eigenvalue weighted by Crippen LogP contribution is 2.32. The minimum Gasteiger partial charge on any atom is -0.328 e. The van der Waals surface area contributed by atoms with E-state index in [4.69, 9.17) is 5.73 Å². The number of para-hydroxylation sites is 1. The summed E-state index contributed by atoms with van der Waals surface area (Å²) >= 11 is 3.15. The fraction of sp³-hybridized carbons (Fsp3) is 0.214. The van der Waals surface area contributed by atoms with Crippen molar-refractivity contribution in [1.29, 1.82) is 0 Å². The lowest BCUT2D eigenvalue weighted by Crippen LogP contribution is -2.17. The molecular weight excluding hydrogens is 288 g/mol. The molecule has 0 spiro atoms. The Morgan fingerprint density at radius 1 is 1.25 bits per heavy atom. The maximum absolute atomic E-state index is 5.76. The number of rotatable bonds is 4. The molecule has 1 atom stereocenters. The average molecular weight is 302 g/mol. The lowest BCUT2D eigenvalue weighted by molar-refractivity contribution is 0.727. The highest BCUT2D eigenvalue weighted by molar-refractivity contribution is 8.01. The van der Waals surface area contributed by atoms with Gasteiger partial charge in [0.1, 0.15) is 0 Å². The molecule has 2 aromatic heterocycles. The second-order valence-corrected chi connectivity index (χ2v) is 6.85. The van der Waals surface area contributed by atoms with Gasteiger partial charge in [-0.3, -0.25) is 0 Å². The number of benzene rings is 1. The molecule has 0 aliphatic rings. The average Bonchev–Trinajstić information content (AvgIpc) is 2.82. The zero-order chi connectivity index (χ0) is 13.9. The largest absolute Gasteiger partial charge is 0.328 e. The van der Waals surface area contributed by atoms with Crippen molar-refractivity contribution in [2.45, 2.75) is 28.9 Å². The maximum atomic E-state index is 5.76. The van der Waals surface area contributed by atoms with Crippen LogP contribution in [-0.4, -0.2) is 21.0 Å². The van der Waals surface area contributed by atoms with E-state index < -0.39 is 0 Å². The van der Waals surface area contributed by atoms with Crippen molar-refractivity contribution >= 4 is 33.3 Å². The summed E-state index contributed by atoms with van der Waals surface area (Å²) in [4.78, 5) is 13.3. The van der Waals surface area contributed by atoms with Gasteiger partial charge in [-0.15, -0.1) is 11.3 Å². The first kappa shape index (κ1) is 13.5. The van der Waals surface area contributed by atoms with Crippen molar-refractivity contribution in [3.63, 3.8) is 0 Å². The van der Waals surface area contributed by atoms with E-state index in [9.17, 15) is 0 Å². The zero-order valence-electron chi connectivity index (χ0n) is 11.0. The van der Waals surface area contributed by atoms with Crippen LogP contribution in [0, 0.1) is 0 Å². The van der Waals surface area contributed by atoms with Crippen molar-refractivity contribution < 1.29 is 0 Å². The summed E-state index contributed by atoms with van der Waals surface area (Å²) in [5.74, 6) is 0. The van der Waals surface area contributed by atoms with Crippen LogP contribution >= 0.6 is 23.1 Å². The normalized spacial score (nSPS) is 12.7. The molecule has 3 rings (SSSR count). The van der Waals surface area contributed by atoms with Crippen LogP contribution in [0.2, 0.25) is 0 Å². The molecule has 0 fully saturated rings. The van der Waals surface area contributed by atoms with Crippen molar-refractivity contribution in [2.75, 3.05) is 0 Å². The Bertz CT molecular complexity index is 674. The standard InChI is InChI=1S/C14H14N4S2/c1-9(15)6-10-7-16-13(17-8-10)20-14-18-11-4-2-3-5-12(11)19-14/h2-5,7-9H,6,15H2,1H3. The van der Waals surface area contributed by atoms with Gasteiger partial charge in [0.05, 0.1) is 10.2 Å². The molecule has 2 heterocycles. The summed E-state index contributed by atoms with van der Waals surface area (Å²) in [6, 6.07) is 8.23. The third kappa shape index (κ3) is 3.15. The van der Waals surface area contributed by atoms with Gasteiger partial charge in [-0.1, -0.05) is 12.1 Å². The van der Waals surface area contributed by atoms with E-state index in [1.165, 1.54) is 16.5 Å². The predicted molar refractivity (Wildman–Crippen MR) is 83.1 cm³/mol. The molecular formula is C14H14N4S2. The molecule has 1 aromatic carbocycles. The van der Waals surface area contributed by atoms with Gasteiger partial charge in [-0.2, -0.15) is 0 Å². The molecule has 0 amide bonds. The second kappa shape index (κ2) is 5.87. The Morgan fingerprint density at radius 3 is 2.70 bits per heavy atom. The van der Waals surface area contributed by atoms with E-state index in [0.717, 1.165) is 27.0 Å². The van der Waals surface area contributed by atoms with Crippen LogP contribution < -0.4 is 5.73 Å². The number of aromatic nitrogens is 3. The lowest BCUT2D eigenvalue weighted by Gasteiger charge is -2.04. The monoisotopic (exact) mass is 302 g/mol. The fourth-order valence-electron chi connectivity index (χ4n) is 1.85. The maximum Gasteiger partial charge on any atom is 0.194 e. The van der Waals surface area contributed by atoms with Gasteiger partial charge < -0.3 is 5.73 Å². The van der Waals surface area contributed by atoms with Gasteiger partial charge in [0, 0.05) is 18.4 Å². The van der Waals surface area contributed by atoms with Gasteiger partial charge in [-0.25, -0.2) is 15.0 Å². The molecule has 6 heteroatoms.